The minimum Gasteiger partial charge on any atom is -0.271 e. The third kappa shape index (κ3) is 2.87. The lowest BCUT2D eigenvalue weighted by Crippen LogP contribution is -2.30. The predicted octanol–water partition coefficient (Wildman–Crippen LogP) is 1.15. The van der Waals surface area contributed by atoms with E-state index in [2.05, 4.69) is 5.09 Å². The molecule has 1 aliphatic rings. The van der Waals surface area contributed by atoms with Gasteiger partial charge in [-0.2, -0.15) is 0 Å². The molecule has 1 heterocycles. The molecule has 12 heavy (non-hydrogen) atoms. The van der Waals surface area contributed by atoms with Gasteiger partial charge in [-0.1, -0.05) is 12.8 Å². The molecule has 0 amide bonds. The predicted molar refractivity (Wildman–Crippen MR) is 50.9 cm³/mol. The van der Waals surface area contributed by atoms with Crippen LogP contribution in [0.4, 0.5) is 0 Å². The Morgan fingerprint density at radius 2 is 2.00 bits per heavy atom. The van der Waals surface area contributed by atoms with Gasteiger partial charge in [0.15, 0.2) is 0 Å². The van der Waals surface area contributed by atoms with Crippen molar-refractivity contribution in [3.8, 4) is 0 Å². The van der Waals surface area contributed by atoms with Gasteiger partial charge in [-0.05, 0) is 19.9 Å². The van der Waals surface area contributed by atoms with Crippen molar-refractivity contribution in [2.45, 2.75) is 25.7 Å². The summed E-state index contributed by atoms with van der Waals surface area (Å²) in [4.78, 5) is 0. The van der Waals surface area contributed by atoms with Gasteiger partial charge in [0.25, 0.3) is 7.59 Å². The zero-order chi connectivity index (χ0) is 9.03. The SMILES string of the molecule is CN1CCCCCCNP1(N)=O. The Balaban J connectivity index is 2.53. The normalized spacial score (nSPS) is 35.2. The molecule has 0 aromatic carbocycles. The highest BCUT2D eigenvalue weighted by molar-refractivity contribution is 7.56. The van der Waals surface area contributed by atoms with E-state index >= 15 is 0 Å². The van der Waals surface area contributed by atoms with Gasteiger partial charge in [-0.15, -0.1) is 0 Å². The van der Waals surface area contributed by atoms with Gasteiger partial charge in [-0.3, -0.25) is 10.1 Å². The summed E-state index contributed by atoms with van der Waals surface area (Å²) in [6.07, 6.45) is 4.60. The largest absolute Gasteiger partial charge is 0.278 e. The molecule has 4 nitrogen and oxygen atoms in total. The summed E-state index contributed by atoms with van der Waals surface area (Å²) in [6, 6.07) is 0. The molecule has 5 heteroatoms. The number of nitrogens with one attached hydrogen (secondary N) is 1. The Labute approximate surface area is 74.0 Å². The summed E-state index contributed by atoms with van der Waals surface area (Å²) in [7, 11) is -0.875. The van der Waals surface area contributed by atoms with Crippen LogP contribution in [0, 0.1) is 0 Å². The summed E-state index contributed by atoms with van der Waals surface area (Å²) in [5.41, 5.74) is 5.63. The molecular weight excluding hydrogens is 173 g/mol. The van der Waals surface area contributed by atoms with Crippen LogP contribution in [0.25, 0.3) is 0 Å². The lowest BCUT2D eigenvalue weighted by atomic mass is 10.2. The van der Waals surface area contributed by atoms with Crippen LogP contribution in [-0.2, 0) is 4.57 Å². The second-order valence-corrected chi connectivity index (χ2v) is 5.57. The summed E-state index contributed by atoms with van der Waals surface area (Å²) in [5, 5.41) is 2.91. The summed E-state index contributed by atoms with van der Waals surface area (Å²) < 4.78 is 13.4. The Hall–Kier alpha value is 0.110. The minimum absolute atomic E-state index is 0.776. The van der Waals surface area contributed by atoms with Crippen molar-refractivity contribution < 1.29 is 4.57 Å². The van der Waals surface area contributed by atoms with Crippen molar-refractivity contribution in [2.75, 3.05) is 20.1 Å². The monoisotopic (exact) mass is 191 g/mol. The van der Waals surface area contributed by atoms with Crippen molar-refractivity contribution in [2.24, 2.45) is 5.50 Å². The number of nitrogens with zero attached hydrogens (tertiary/aromatic N) is 1. The molecule has 1 saturated heterocycles. The van der Waals surface area contributed by atoms with Crippen LogP contribution in [0.2, 0.25) is 0 Å². The third-order valence-corrected chi connectivity index (χ3v) is 4.15. The standard InChI is InChI=1S/C7H18N3OP/c1-10-7-5-3-2-4-6-9-12(10,8)11/h2-7H2,1H3,(H3,8,9,11). The van der Waals surface area contributed by atoms with E-state index in [0.717, 1.165) is 25.9 Å². The molecule has 1 unspecified atom stereocenters. The van der Waals surface area contributed by atoms with Crippen LogP contribution < -0.4 is 10.6 Å². The van der Waals surface area contributed by atoms with E-state index in [4.69, 9.17) is 5.50 Å². The van der Waals surface area contributed by atoms with Crippen LogP contribution in [-0.4, -0.2) is 24.8 Å². The van der Waals surface area contributed by atoms with Crippen LogP contribution in [0.5, 0.6) is 0 Å². The van der Waals surface area contributed by atoms with E-state index in [0.29, 0.717) is 0 Å². The van der Waals surface area contributed by atoms with Crippen LogP contribution >= 0.6 is 7.59 Å². The number of hydrogen-bond acceptors (Lipinski definition) is 1. The molecule has 3 N–H and O–H groups in total. The first-order valence-corrected chi connectivity index (χ1v) is 6.21. The lowest BCUT2D eigenvalue weighted by Gasteiger charge is -2.23. The van der Waals surface area contributed by atoms with E-state index < -0.39 is 7.59 Å². The van der Waals surface area contributed by atoms with Crippen LogP contribution in [0.15, 0.2) is 0 Å². The number of nitrogens with two attached hydrogens (primary N) is 1. The van der Waals surface area contributed by atoms with Gasteiger partial charge in [-0.25, -0.2) is 9.76 Å². The highest BCUT2D eigenvalue weighted by Crippen LogP contribution is 2.35. The van der Waals surface area contributed by atoms with Gasteiger partial charge in [0, 0.05) is 13.1 Å². The molecular formula is C7H18N3OP. The van der Waals surface area contributed by atoms with E-state index in [1.807, 2.05) is 7.05 Å². The first-order valence-electron chi connectivity index (χ1n) is 4.48. The Morgan fingerprint density at radius 3 is 2.75 bits per heavy atom. The highest BCUT2D eigenvalue weighted by atomic mass is 31.2. The Bertz CT molecular complexity index is 185. The third-order valence-electron chi connectivity index (χ3n) is 2.25. The molecule has 1 fully saturated rings. The zero-order valence-electron chi connectivity index (χ0n) is 7.62. The summed E-state index contributed by atoms with van der Waals surface area (Å²) >= 11 is 0. The Kier molecular flexibility index (Phi) is 3.72. The topological polar surface area (TPSA) is 58.4 Å². The lowest BCUT2D eigenvalue weighted by molar-refractivity contribution is 0.450. The smallest absolute Gasteiger partial charge is 0.271 e. The van der Waals surface area contributed by atoms with E-state index in [9.17, 15) is 4.57 Å². The molecule has 0 radical (unpaired) electrons. The second-order valence-electron chi connectivity index (χ2n) is 3.33. The van der Waals surface area contributed by atoms with Crippen molar-refractivity contribution in [3.63, 3.8) is 0 Å². The van der Waals surface area contributed by atoms with E-state index in [-0.39, 0.29) is 0 Å². The Morgan fingerprint density at radius 1 is 1.33 bits per heavy atom. The quantitative estimate of drug-likeness (QED) is 0.564. The van der Waals surface area contributed by atoms with Crippen molar-refractivity contribution in [1.82, 2.24) is 9.76 Å². The molecule has 0 bridgehead atoms. The van der Waals surface area contributed by atoms with Crippen LogP contribution in [0.3, 0.4) is 0 Å². The molecule has 0 spiro atoms. The highest BCUT2D eigenvalue weighted by Gasteiger charge is 2.21. The molecule has 0 aliphatic carbocycles. The number of rotatable bonds is 0. The van der Waals surface area contributed by atoms with E-state index in [1.54, 1.807) is 4.67 Å². The molecule has 1 aliphatic heterocycles. The molecule has 1 atom stereocenters. The van der Waals surface area contributed by atoms with Gasteiger partial charge in [0.05, 0.1) is 0 Å². The van der Waals surface area contributed by atoms with Crippen molar-refractivity contribution in [3.05, 3.63) is 0 Å². The molecule has 0 aromatic heterocycles. The molecule has 72 valence electrons. The van der Waals surface area contributed by atoms with Gasteiger partial charge in [0.2, 0.25) is 0 Å². The maximum absolute atomic E-state index is 11.7. The second kappa shape index (κ2) is 4.38. The minimum atomic E-state index is -2.69. The molecule has 0 aromatic rings. The molecule has 0 saturated carbocycles. The molecule has 1 rings (SSSR count). The fourth-order valence-electron chi connectivity index (χ4n) is 1.33. The fourth-order valence-corrected chi connectivity index (χ4v) is 2.49. The van der Waals surface area contributed by atoms with Crippen molar-refractivity contribution >= 4 is 7.59 Å². The van der Waals surface area contributed by atoms with Crippen molar-refractivity contribution in [1.29, 1.82) is 0 Å². The van der Waals surface area contributed by atoms with E-state index in [1.165, 1.54) is 12.8 Å². The van der Waals surface area contributed by atoms with Gasteiger partial charge < -0.3 is 0 Å². The fraction of sp³-hybridized carbons (Fsp3) is 1.00. The zero-order valence-corrected chi connectivity index (χ0v) is 8.52. The summed E-state index contributed by atoms with van der Waals surface area (Å²) in [5.74, 6) is 0. The average Bonchev–Trinajstić information content (AvgIpc) is 2.06. The average molecular weight is 191 g/mol. The summed E-state index contributed by atoms with van der Waals surface area (Å²) in [6.45, 7) is 1.61. The van der Waals surface area contributed by atoms with Crippen LogP contribution in [0.1, 0.15) is 25.7 Å². The maximum atomic E-state index is 11.7. The first-order chi connectivity index (χ1) is 5.63. The maximum Gasteiger partial charge on any atom is 0.278 e. The van der Waals surface area contributed by atoms with Gasteiger partial charge in [0.1, 0.15) is 0 Å². The van der Waals surface area contributed by atoms with Gasteiger partial charge >= 0.3 is 0 Å². The number of hydrogen-bond donors (Lipinski definition) is 2. The first kappa shape index (κ1) is 10.2.